The minimum Gasteiger partial charge on any atom is -0.497 e. The van der Waals surface area contributed by atoms with Crippen molar-refractivity contribution in [3.8, 4) is 22.6 Å². The van der Waals surface area contributed by atoms with Gasteiger partial charge in [0.25, 0.3) is 10.0 Å². The maximum absolute atomic E-state index is 14.4. The van der Waals surface area contributed by atoms with E-state index in [1.165, 1.54) is 3.97 Å². The molecule has 2 heterocycles. The smallest absolute Gasteiger partial charge is 0.267 e. The molecule has 1 atom stereocenters. The average Bonchev–Trinajstić information content (AvgIpc) is 3.63. The van der Waals surface area contributed by atoms with Crippen LogP contribution < -0.4 is 9.47 Å². The molecule has 1 fully saturated rings. The first kappa shape index (κ1) is 31.5. The Kier molecular flexibility index (Phi) is 7.77. The zero-order chi connectivity index (χ0) is 33.7. The van der Waals surface area contributed by atoms with Crippen LogP contribution in [0.1, 0.15) is 38.9 Å². The SMILES string of the molecule is COc1ccc(C2(c3cn(S(=O)(=O)c4ccc(C)cc4)cc3-c3c(C)cc(OC)cc3C)OC2(c2ccccc2)c2ccccc2)cc1. The van der Waals surface area contributed by atoms with Gasteiger partial charge in [0.15, 0.2) is 11.2 Å². The predicted octanol–water partition coefficient (Wildman–Crippen LogP) is 8.55. The van der Waals surface area contributed by atoms with E-state index in [-0.39, 0.29) is 4.90 Å². The summed E-state index contributed by atoms with van der Waals surface area (Å²) in [5, 5.41) is 0. The lowest BCUT2D eigenvalue weighted by atomic mass is 9.72. The molecule has 0 saturated carbocycles. The zero-order valence-electron chi connectivity index (χ0n) is 27.6. The van der Waals surface area contributed by atoms with E-state index in [0.29, 0.717) is 5.75 Å². The molecule has 7 heteroatoms. The van der Waals surface area contributed by atoms with Crippen molar-refractivity contribution in [1.82, 2.24) is 3.97 Å². The quantitative estimate of drug-likeness (QED) is 0.146. The second-order valence-corrected chi connectivity index (χ2v) is 14.1. The molecule has 48 heavy (non-hydrogen) atoms. The topological polar surface area (TPSA) is 70.1 Å². The third-order valence-corrected chi connectivity index (χ3v) is 11.0. The molecule has 242 valence electrons. The highest BCUT2D eigenvalue weighted by Crippen LogP contribution is 2.70. The van der Waals surface area contributed by atoms with Gasteiger partial charge in [0, 0.05) is 23.5 Å². The highest BCUT2D eigenvalue weighted by molar-refractivity contribution is 7.90. The fraction of sp³-hybridized carbons (Fsp3) is 0.171. The maximum Gasteiger partial charge on any atom is 0.267 e. The molecule has 1 saturated heterocycles. The number of nitrogens with zero attached hydrogens (tertiary/aromatic N) is 1. The molecular formula is C41H37NO5S. The number of hydrogen-bond acceptors (Lipinski definition) is 5. The van der Waals surface area contributed by atoms with E-state index >= 15 is 0 Å². The summed E-state index contributed by atoms with van der Waals surface area (Å²) in [6.45, 7) is 5.99. The Hall–Kier alpha value is -5.11. The molecule has 1 aliphatic rings. The largest absolute Gasteiger partial charge is 0.497 e. The summed E-state index contributed by atoms with van der Waals surface area (Å²) < 4.78 is 48.5. The molecule has 1 aromatic heterocycles. The number of ether oxygens (including phenoxy) is 3. The van der Waals surface area contributed by atoms with Crippen LogP contribution in [0.2, 0.25) is 0 Å². The predicted molar refractivity (Wildman–Crippen MR) is 188 cm³/mol. The third-order valence-electron chi connectivity index (χ3n) is 9.41. The minimum atomic E-state index is -3.98. The molecule has 6 nitrogen and oxygen atoms in total. The Morgan fingerprint density at radius 1 is 0.604 bits per heavy atom. The second-order valence-electron chi connectivity index (χ2n) is 12.3. The van der Waals surface area contributed by atoms with Gasteiger partial charge >= 0.3 is 0 Å². The highest BCUT2D eigenvalue weighted by Gasteiger charge is 2.74. The lowest BCUT2D eigenvalue weighted by Gasteiger charge is -2.24. The van der Waals surface area contributed by atoms with Gasteiger partial charge in [-0.3, -0.25) is 0 Å². The molecule has 0 bridgehead atoms. The molecule has 6 aromatic rings. The fourth-order valence-corrected chi connectivity index (χ4v) is 8.29. The summed E-state index contributed by atoms with van der Waals surface area (Å²) in [7, 11) is -0.693. The monoisotopic (exact) mass is 655 g/mol. The van der Waals surface area contributed by atoms with Gasteiger partial charge in [-0.05, 0) is 90.6 Å². The third kappa shape index (κ3) is 4.84. The number of rotatable bonds is 9. The lowest BCUT2D eigenvalue weighted by molar-refractivity contribution is 0.300. The molecule has 0 aliphatic carbocycles. The highest BCUT2D eigenvalue weighted by atomic mass is 32.2. The molecular weight excluding hydrogens is 619 g/mol. The summed E-state index contributed by atoms with van der Waals surface area (Å²) in [5.41, 5.74) is 5.97. The standard InChI is InChI=1S/C41H37NO5S/c1-28-16-22-36(23-17-28)48(43,44)42-26-37(39-29(2)24-35(46-5)25-30(39)3)38(27-42)41(33-18-20-34(45-4)21-19-33)40(47-41,31-12-8-6-9-13-31)32-14-10-7-11-15-32/h6-27H,1-5H3. The van der Waals surface area contributed by atoms with Crippen LogP contribution in [0.5, 0.6) is 11.5 Å². The Labute approximate surface area is 282 Å². The van der Waals surface area contributed by atoms with Crippen LogP contribution in [-0.2, 0) is 26.0 Å². The van der Waals surface area contributed by atoms with Gasteiger partial charge in [0.05, 0.1) is 19.1 Å². The van der Waals surface area contributed by atoms with E-state index in [2.05, 4.69) is 24.3 Å². The lowest BCUT2D eigenvalue weighted by Crippen LogP contribution is -2.26. The van der Waals surface area contributed by atoms with Crippen molar-refractivity contribution in [2.24, 2.45) is 0 Å². The number of methoxy groups -OCH3 is 2. The molecule has 7 rings (SSSR count). The molecule has 1 unspecified atom stereocenters. The Balaban J connectivity index is 1.59. The number of hydrogen-bond donors (Lipinski definition) is 0. The number of aromatic nitrogens is 1. The summed E-state index contributed by atoms with van der Waals surface area (Å²) in [4.78, 5) is 0.206. The molecule has 1 aliphatic heterocycles. The molecule has 0 N–H and O–H groups in total. The van der Waals surface area contributed by atoms with Crippen molar-refractivity contribution >= 4 is 10.0 Å². The van der Waals surface area contributed by atoms with Crippen molar-refractivity contribution in [3.63, 3.8) is 0 Å². The van der Waals surface area contributed by atoms with Crippen molar-refractivity contribution < 1.29 is 22.6 Å². The van der Waals surface area contributed by atoms with Gasteiger partial charge in [-0.1, -0.05) is 90.5 Å². The van der Waals surface area contributed by atoms with Crippen LogP contribution in [-0.4, -0.2) is 26.6 Å². The van der Waals surface area contributed by atoms with Gasteiger partial charge in [0.1, 0.15) is 11.5 Å². The summed E-state index contributed by atoms with van der Waals surface area (Å²) >= 11 is 0. The first-order valence-corrected chi connectivity index (χ1v) is 17.3. The van der Waals surface area contributed by atoms with Gasteiger partial charge < -0.3 is 14.2 Å². The van der Waals surface area contributed by atoms with E-state index in [0.717, 1.165) is 55.8 Å². The van der Waals surface area contributed by atoms with Gasteiger partial charge in [-0.15, -0.1) is 0 Å². The Morgan fingerprint density at radius 2 is 1.12 bits per heavy atom. The Morgan fingerprint density at radius 3 is 1.65 bits per heavy atom. The number of epoxide rings is 1. The van der Waals surface area contributed by atoms with Gasteiger partial charge in [-0.2, -0.15) is 0 Å². The van der Waals surface area contributed by atoms with E-state index in [9.17, 15) is 8.42 Å². The van der Waals surface area contributed by atoms with Crippen molar-refractivity contribution in [2.45, 2.75) is 36.9 Å². The molecule has 5 aromatic carbocycles. The first-order valence-electron chi connectivity index (χ1n) is 15.8. The van der Waals surface area contributed by atoms with E-state index in [1.54, 1.807) is 38.7 Å². The van der Waals surface area contributed by atoms with Crippen LogP contribution in [0, 0.1) is 20.8 Å². The van der Waals surface area contributed by atoms with E-state index in [1.807, 2.05) is 106 Å². The average molecular weight is 656 g/mol. The maximum atomic E-state index is 14.4. The van der Waals surface area contributed by atoms with E-state index < -0.39 is 21.2 Å². The zero-order valence-corrected chi connectivity index (χ0v) is 28.4. The molecule has 0 spiro atoms. The van der Waals surface area contributed by atoms with Crippen LogP contribution in [0.3, 0.4) is 0 Å². The minimum absolute atomic E-state index is 0.206. The Bertz CT molecular complexity index is 2150. The van der Waals surface area contributed by atoms with Crippen molar-refractivity contribution in [1.29, 1.82) is 0 Å². The van der Waals surface area contributed by atoms with E-state index in [4.69, 9.17) is 14.2 Å². The van der Waals surface area contributed by atoms with Gasteiger partial charge in [-0.25, -0.2) is 12.4 Å². The molecule has 0 radical (unpaired) electrons. The molecule has 0 amide bonds. The van der Waals surface area contributed by atoms with Crippen LogP contribution >= 0.6 is 0 Å². The summed E-state index contributed by atoms with van der Waals surface area (Å²) in [6.07, 6.45) is 3.48. The fourth-order valence-electron chi connectivity index (χ4n) is 7.08. The van der Waals surface area contributed by atoms with Gasteiger partial charge in [0.2, 0.25) is 0 Å². The van der Waals surface area contributed by atoms with Crippen LogP contribution in [0.15, 0.2) is 139 Å². The van der Waals surface area contributed by atoms with Crippen LogP contribution in [0.25, 0.3) is 11.1 Å². The first-order chi connectivity index (χ1) is 23.2. The number of benzene rings is 5. The second kappa shape index (κ2) is 11.8. The summed E-state index contributed by atoms with van der Waals surface area (Å²) in [6, 6.07) is 39.0. The van der Waals surface area contributed by atoms with Crippen molar-refractivity contribution in [3.05, 3.63) is 173 Å². The van der Waals surface area contributed by atoms with Crippen molar-refractivity contribution in [2.75, 3.05) is 14.2 Å². The number of aryl methyl sites for hydroxylation is 3. The normalized spacial score (nSPS) is 16.8. The van der Waals surface area contributed by atoms with Crippen LogP contribution in [0.4, 0.5) is 0 Å². The summed E-state index contributed by atoms with van der Waals surface area (Å²) in [5.74, 6) is 1.44.